The summed E-state index contributed by atoms with van der Waals surface area (Å²) in [6, 6.07) is 6.88. The zero-order valence-corrected chi connectivity index (χ0v) is 11.2. The van der Waals surface area contributed by atoms with E-state index in [0.717, 1.165) is 0 Å². The second kappa shape index (κ2) is 5.47. The van der Waals surface area contributed by atoms with Gasteiger partial charge in [0.25, 0.3) is 0 Å². The molecule has 0 bridgehead atoms. The van der Waals surface area contributed by atoms with Gasteiger partial charge in [0.05, 0.1) is 16.5 Å². The van der Waals surface area contributed by atoms with Crippen molar-refractivity contribution in [2.45, 2.75) is 6.42 Å². The van der Waals surface area contributed by atoms with Crippen LogP contribution in [-0.4, -0.2) is 16.1 Å². The average molecular weight is 297 g/mol. The smallest absolute Gasteiger partial charge is 0.307 e. The van der Waals surface area contributed by atoms with Gasteiger partial charge in [-0.05, 0) is 12.1 Å². The lowest BCUT2D eigenvalue weighted by molar-refractivity contribution is -0.136. The van der Waals surface area contributed by atoms with Crippen LogP contribution >= 0.6 is 23.2 Å². The quantitative estimate of drug-likeness (QED) is 0.911. The normalized spacial score (nSPS) is 10.4. The minimum atomic E-state index is -0.970. The van der Waals surface area contributed by atoms with Crippen molar-refractivity contribution in [3.63, 3.8) is 0 Å². The maximum Gasteiger partial charge on any atom is 0.307 e. The molecule has 6 heteroatoms. The van der Waals surface area contributed by atoms with Crippen LogP contribution in [0.3, 0.4) is 0 Å². The third kappa shape index (κ3) is 2.97. The van der Waals surface area contributed by atoms with Gasteiger partial charge < -0.3 is 10.8 Å². The lowest BCUT2D eigenvalue weighted by atomic mass is 10.0. The lowest BCUT2D eigenvalue weighted by Gasteiger charge is -2.08. The molecule has 0 unspecified atom stereocenters. The van der Waals surface area contributed by atoms with E-state index in [1.165, 1.54) is 6.20 Å². The van der Waals surface area contributed by atoms with Gasteiger partial charge in [-0.15, -0.1) is 0 Å². The summed E-state index contributed by atoms with van der Waals surface area (Å²) in [5.41, 5.74) is 7.46. The van der Waals surface area contributed by atoms with Gasteiger partial charge in [0.2, 0.25) is 0 Å². The Morgan fingerprint density at radius 1 is 1.37 bits per heavy atom. The Morgan fingerprint density at radius 2 is 2.11 bits per heavy atom. The van der Waals surface area contributed by atoms with Crippen LogP contribution in [0, 0.1) is 0 Å². The van der Waals surface area contributed by atoms with Crippen molar-refractivity contribution in [2.75, 3.05) is 5.73 Å². The molecule has 0 aliphatic rings. The highest BCUT2D eigenvalue weighted by atomic mass is 35.5. The summed E-state index contributed by atoms with van der Waals surface area (Å²) < 4.78 is 0. The van der Waals surface area contributed by atoms with Crippen LogP contribution in [0.15, 0.2) is 30.5 Å². The van der Waals surface area contributed by atoms with Crippen LogP contribution in [0.5, 0.6) is 0 Å². The molecule has 0 saturated carbocycles. The first-order valence-electron chi connectivity index (χ1n) is 5.39. The van der Waals surface area contributed by atoms with Crippen LogP contribution in [0.2, 0.25) is 10.0 Å². The van der Waals surface area contributed by atoms with Gasteiger partial charge in [0, 0.05) is 22.9 Å². The molecule has 2 aromatic rings. The molecule has 0 atom stereocenters. The molecular weight excluding hydrogens is 287 g/mol. The first-order valence-corrected chi connectivity index (χ1v) is 6.15. The second-order valence-electron chi connectivity index (χ2n) is 3.94. The predicted molar refractivity (Wildman–Crippen MR) is 75.4 cm³/mol. The molecule has 0 saturated heterocycles. The van der Waals surface area contributed by atoms with Gasteiger partial charge in [-0.25, -0.2) is 4.98 Å². The number of nitrogens with zero attached hydrogens (tertiary/aromatic N) is 1. The Hall–Kier alpha value is -1.78. The molecule has 0 aliphatic carbocycles. The average Bonchev–Trinajstić information content (AvgIpc) is 2.35. The largest absolute Gasteiger partial charge is 0.481 e. The molecule has 98 valence electrons. The number of carbonyl (C=O) groups is 1. The molecule has 1 aromatic heterocycles. The standard InChI is InChI=1S/C13H10Cl2N2O2/c14-10-3-1-2-9(12(10)15)8-4-7(5-11(18)19)13(16)17-6-8/h1-4,6H,5H2,(H2,16,17)(H,18,19). The molecule has 2 rings (SSSR count). The molecular formula is C13H10Cl2N2O2. The van der Waals surface area contributed by atoms with E-state index in [2.05, 4.69) is 4.98 Å². The maximum atomic E-state index is 10.8. The number of nitrogens with two attached hydrogens (primary N) is 1. The number of benzene rings is 1. The molecule has 1 aromatic carbocycles. The van der Waals surface area contributed by atoms with E-state index in [0.29, 0.717) is 26.7 Å². The molecule has 1 heterocycles. The number of carboxylic acids is 1. The van der Waals surface area contributed by atoms with Gasteiger partial charge >= 0.3 is 5.97 Å². The van der Waals surface area contributed by atoms with E-state index >= 15 is 0 Å². The number of nitrogen functional groups attached to an aromatic ring is 1. The van der Waals surface area contributed by atoms with Crippen LogP contribution in [0.25, 0.3) is 11.1 Å². The maximum absolute atomic E-state index is 10.8. The highest BCUT2D eigenvalue weighted by Gasteiger charge is 2.11. The van der Waals surface area contributed by atoms with Crippen molar-refractivity contribution in [1.29, 1.82) is 0 Å². The van der Waals surface area contributed by atoms with Crippen LogP contribution in [0.1, 0.15) is 5.56 Å². The van der Waals surface area contributed by atoms with Crippen molar-refractivity contribution in [3.05, 3.63) is 46.1 Å². The summed E-state index contributed by atoms with van der Waals surface area (Å²) in [6.07, 6.45) is 1.35. The van der Waals surface area contributed by atoms with E-state index in [9.17, 15) is 4.79 Å². The number of aliphatic carboxylic acids is 1. The number of anilines is 1. The zero-order valence-electron chi connectivity index (χ0n) is 9.73. The summed E-state index contributed by atoms with van der Waals surface area (Å²) in [6.45, 7) is 0. The van der Waals surface area contributed by atoms with E-state index in [-0.39, 0.29) is 12.2 Å². The molecule has 0 radical (unpaired) electrons. The topological polar surface area (TPSA) is 76.2 Å². The molecule has 3 N–H and O–H groups in total. The number of hydrogen-bond acceptors (Lipinski definition) is 3. The van der Waals surface area contributed by atoms with Crippen LogP contribution in [0.4, 0.5) is 5.82 Å². The zero-order chi connectivity index (χ0) is 14.0. The Morgan fingerprint density at radius 3 is 2.79 bits per heavy atom. The van der Waals surface area contributed by atoms with Gasteiger partial charge in [-0.3, -0.25) is 4.79 Å². The van der Waals surface area contributed by atoms with Gasteiger partial charge in [0.1, 0.15) is 5.82 Å². The Balaban J connectivity index is 2.51. The second-order valence-corrected chi connectivity index (χ2v) is 4.73. The molecule has 4 nitrogen and oxygen atoms in total. The summed E-state index contributed by atoms with van der Waals surface area (Å²) in [4.78, 5) is 14.8. The molecule has 0 fully saturated rings. The minimum Gasteiger partial charge on any atom is -0.481 e. The third-order valence-electron chi connectivity index (χ3n) is 2.61. The lowest BCUT2D eigenvalue weighted by Crippen LogP contribution is -2.05. The fourth-order valence-electron chi connectivity index (χ4n) is 1.70. The number of aromatic nitrogens is 1. The number of pyridine rings is 1. The van der Waals surface area contributed by atoms with E-state index in [4.69, 9.17) is 34.0 Å². The summed E-state index contributed by atoms with van der Waals surface area (Å²) in [5, 5.41) is 9.65. The summed E-state index contributed by atoms with van der Waals surface area (Å²) in [5.74, 6) is -0.771. The van der Waals surface area contributed by atoms with Crippen molar-refractivity contribution >= 4 is 35.0 Å². The van der Waals surface area contributed by atoms with E-state index in [1.807, 2.05) is 0 Å². The van der Waals surface area contributed by atoms with Crippen molar-refractivity contribution in [1.82, 2.24) is 4.98 Å². The van der Waals surface area contributed by atoms with Crippen molar-refractivity contribution in [3.8, 4) is 11.1 Å². The van der Waals surface area contributed by atoms with Gasteiger partial charge in [-0.1, -0.05) is 35.3 Å². The van der Waals surface area contributed by atoms with Crippen molar-refractivity contribution in [2.24, 2.45) is 0 Å². The van der Waals surface area contributed by atoms with Gasteiger partial charge in [-0.2, -0.15) is 0 Å². The van der Waals surface area contributed by atoms with E-state index in [1.54, 1.807) is 24.3 Å². The first-order chi connectivity index (χ1) is 8.99. The highest BCUT2D eigenvalue weighted by molar-refractivity contribution is 6.43. The Kier molecular flexibility index (Phi) is 3.93. The summed E-state index contributed by atoms with van der Waals surface area (Å²) in [7, 11) is 0. The minimum absolute atomic E-state index is 0.190. The number of hydrogen-bond donors (Lipinski definition) is 2. The summed E-state index contributed by atoms with van der Waals surface area (Å²) >= 11 is 12.1. The number of halogens is 2. The van der Waals surface area contributed by atoms with Gasteiger partial charge in [0.15, 0.2) is 0 Å². The Labute approximate surface area is 119 Å². The SMILES string of the molecule is Nc1ncc(-c2cccc(Cl)c2Cl)cc1CC(=O)O. The Bertz CT molecular complexity index is 645. The predicted octanol–water partition coefficient (Wildman–Crippen LogP) is 3.26. The van der Waals surface area contributed by atoms with Crippen LogP contribution in [-0.2, 0) is 11.2 Å². The molecule has 0 spiro atoms. The molecule has 0 amide bonds. The fraction of sp³-hybridized carbons (Fsp3) is 0.0769. The van der Waals surface area contributed by atoms with E-state index < -0.39 is 5.97 Å². The third-order valence-corrected chi connectivity index (χ3v) is 3.42. The van der Waals surface area contributed by atoms with Crippen LogP contribution < -0.4 is 5.73 Å². The number of carboxylic acid groups (broad SMARTS) is 1. The van der Waals surface area contributed by atoms with Crippen molar-refractivity contribution < 1.29 is 9.90 Å². The monoisotopic (exact) mass is 296 g/mol. The highest BCUT2D eigenvalue weighted by Crippen LogP contribution is 2.33. The fourth-order valence-corrected chi connectivity index (χ4v) is 2.11. The number of rotatable bonds is 3. The molecule has 0 aliphatic heterocycles. The first kappa shape index (κ1) is 13.6. The molecule has 19 heavy (non-hydrogen) atoms.